The maximum absolute atomic E-state index is 12.1. The molecule has 0 aromatic heterocycles. The van der Waals surface area contributed by atoms with E-state index in [0.29, 0.717) is 5.92 Å². The molecule has 0 aromatic rings. The molecule has 20 heavy (non-hydrogen) atoms. The van der Waals surface area contributed by atoms with Gasteiger partial charge in [0.2, 0.25) is 0 Å². The Morgan fingerprint density at radius 2 is 1.95 bits per heavy atom. The Kier molecular flexibility index (Phi) is 6.91. The lowest BCUT2D eigenvalue weighted by Crippen LogP contribution is -2.46. The molecule has 0 bridgehead atoms. The topological polar surface area (TPSA) is 75.7 Å². The van der Waals surface area contributed by atoms with Gasteiger partial charge in [-0.25, -0.2) is 0 Å². The predicted molar refractivity (Wildman–Crippen MR) is 77.4 cm³/mol. The maximum Gasteiger partial charge on any atom is 0.306 e. The van der Waals surface area contributed by atoms with Crippen LogP contribution in [-0.4, -0.2) is 45.4 Å². The summed E-state index contributed by atoms with van der Waals surface area (Å²) in [5.41, 5.74) is 0. The number of carbonyl (C=O) groups is 1. The second-order valence-electron chi connectivity index (χ2n) is 5.46. The summed E-state index contributed by atoms with van der Waals surface area (Å²) in [6.45, 7) is 2.04. The summed E-state index contributed by atoms with van der Waals surface area (Å²) >= 11 is 0. The molecule has 0 saturated heterocycles. The fraction of sp³-hybridized carbons (Fsp3) is 0.923. The summed E-state index contributed by atoms with van der Waals surface area (Å²) in [7, 11) is -0.774. The predicted octanol–water partition coefficient (Wildman–Crippen LogP) is 1.28. The largest absolute Gasteiger partial charge is 0.469 e. The quantitative estimate of drug-likeness (QED) is 0.719. The van der Waals surface area contributed by atoms with Crippen molar-refractivity contribution in [2.24, 2.45) is 5.92 Å². The van der Waals surface area contributed by atoms with Gasteiger partial charge in [0.25, 0.3) is 10.2 Å². The fourth-order valence-electron chi connectivity index (χ4n) is 2.53. The summed E-state index contributed by atoms with van der Waals surface area (Å²) in [5.74, 6) is -0.0000823. The van der Waals surface area contributed by atoms with E-state index in [9.17, 15) is 13.2 Å². The number of esters is 1. The molecule has 7 heteroatoms. The first kappa shape index (κ1) is 17.4. The monoisotopic (exact) mass is 306 g/mol. The van der Waals surface area contributed by atoms with Crippen LogP contribution in [0.15, 0.2) is 0 Å². The third-order valence-corrected chi connectivity index (χ3v) is 5.63. The highest BCUT2D eigenvalue weighted by Crippen LogP contribution is 2.26. The lowest BCUT2D eigenvalue weighted by molar-refractivity contribution is -0.140. The van der Waals surface area contributed by atoms with Gasteiger partial charge in [0.1, 0.15) is 0 Å². The highest BCUT2D eigenvalue weighted by Gasteiger charge is 2.26. The molecule has 0 aromatic carbocycles. The first-order chi connectivity index (χ1) is 9.36. The molecule has 1 rings (SSSR count). The Morgan fingerprint density at radius 3 is 2.50 bits per heavy atom. The van der Waals surface area contributed by atoms with Gasteiger partial charge in [0.15, 0.2) is 0 Å². The number of carbonyl (C=O) groups excluding carboxylic acids is 1. The van der Waals surface area contributed by atoms with Gasteiger partial charge in [0, 0.05) is 19.6 Å². The Morgan fingerprint density at radius 1 is 1.35 bits per heavy atom. The van der Waals surface area contributed by atoms with Crippen LogP contribution < -0.4 is 4.72 Å². The molecule has 1 atom stereocenters. The first-order valence-electron chi connectivity index (χ1n) is 7.17. The molecular weight excluding hydrogens is 280 g/mol. The molecule has 1 aliphatic carbocycles. The number of ether oxygens (including phenoxy) is 1. The second kappa shape index (κ2) is 7.95. The average molecular weight is 306 g/mol. The van der Waals surface area contributed by atoms with Crippen molar-refractivity contribution in [2.45, 2.75) is 51.5 Å². The van der Waals surface area contributed by atoms with Gasteiger partial charge < -0.3 is 4.74 Å². The van der Waals surface area contributed by atoms with Gasteiger partial charge >= 0.3 is 5.97 Å². The summed E-state index contributed by atoms with van der Waals surface area (Å²) in [4.78, 5) is 11.0. The minimum Gasteiger partial charge on any atom is -0.469 e. The third-order valence-electron chi connectivity index (χ3n) is 3.96. The zero-order valence-corrected chi connectivity index (χ0v) is 13.4. The lowest BCUT2D eigenvalue weighted by Gasteiger charge is -2.29. The molecule has 0 heterocycles. The molecule has 1 unspecified atom stereocenters. The molecule has 0 aliphatic heterocycles. The molecule has 1 aliphatic rings. The van der Waals surface area contributed by atoms with E-state index in [1.54, 1.807) is 0 Å². The van der Waals surface area contributed by atoms with E-state index in [4.69, 9.17) is 0 Å². The standard InChI is InChI=1S/C13H26N2O4S/c1-11(12-7-5-4-6-8-12)14-20(17,18)15(2)10-9-13(16)19-3/h11-12,14H,4-10H2,1-3H3. The summed E-state index contributed by atoms with van der Waals surface area (Å²) in [6, 6.07) is -0.0686. The van der Waals surface area contributed by atoms with Crippen molar-refractivity contribution in [3.63, 3.8) is 0 Å². The van der Waals surface area contributed by atoms with Crippen molar-refractivity contribution >= 4 is 16.2 Å². The van der Waals surface area contributed by atoms with E-state index in [-0.39, 0.29) is 19.0 Å². The van der Waals surface area contributed by atoms with Crippen molar-refractivity contribution in [1.29, 1.82) is 0 Å². The summed E-state index contributed by atoms with van der Waals surface area (Å²) in [6.07, 6.45) is 5.82. The first-order valence-corrected chi connectivity index (χ1v) is 8.61. The van der Waals surface area contributed by atoms with Gasteiger partial charge in [-0.3, -0.25) is 4.79 Å². The van der Waals surface area contributed by atoms with Crippen molar-refractivity contribution in [1.82, 2.24) is 9.03 Å². The molecule has 118 valence electrons. The molecule has 1 fully saturated rings. The van der Waals surface area contributed by atoms with Gasteiger partial charge in [-0.2, -0.15) is 17.4 Å². The highest BCUT2D eigenvalue weighted by atomic mass is 32.2. The Balaban J connectivity index is 2.48. The number of rotatable bonds is 7. The summed E-state index contributed by atoms with van der Waals surface area (Å²) < 4.78 is 32.7. The van der Waals surface area contributed by atoms with Gasteiger partial charge in [-0.05, 0) is 25.7 Å². The lowest BCUT2D eigenvalue weighted by atomic mass is 9.85. The van der Waals surface area contributed by atoms with E-state index < -0.39 is 16.2 Å². The van der Waals surface area contributed by atoms with Crippen molar-refractivity contribution in [3.8, 4) is 0 Å². The van der Waals surface area contributed by atoms with E-state index in [0.717, 1.165) is 12.8 Å². The number of nitrogens with zero attached hydrogens (tertiary/aromatic N) is 1. The van der Waals surface area contributed by atoms with Crippen LogP contribution in [0.2, 0.25) is 0 Å². The Hall–Kier alpha value is -0.660. The van der Waals surface area contributed by atoms with Crippen LogP contribution in [0.3, 0.4) is 0 Å². The van der Waals surface area contributed by atoms with Crippen molar-refractivity contribution < 1.29 is 17.9 Å². The van der Waals surface area contributed by atoms with Crippen LogP contribution >= 0.6 is 0 Å². The Bertz CT molecular complexity index is 405. The van der Waals surface area contributed by atoms with E-state index in [1.165, 1.54) is 37.7 Å². The van der Waals surface area contributed by atoms with E-state index >= 15 is 0 Å². The van der Waals surface area contributed by atoms with Crippen LogP contribution in [0.5, 0.6) is 0 Å². The van der Waals surface area contributed by atoms with Crippen LogP contribution in [0.4, 0.5) is 0 Å². The molecular formula is C13H26N2O4S. The van der Waals surface area contributed by atoms with Gasteiger partial charge in [-0.1, -0.05) is 19.3 Å². The highest BCUT2D eigenvalue weighted by molar-refractivity contribution is 7.87. The Labute approximate surface area is 122 Å². The van der Waals surface area contributed by atoms with E-state index in [2.05, 4.69) is 9.46 Å². The van der Waals surface area contributed by atoms with Crippen LogP contribution in [-0.2, 0) is 19.7 Å². The smallest absolute Gasteiger partial charge is 0.306 e. The zero-order valence-electron chi connectivity index (χ0n) is 12.6. The maximum atomic E-state index is 12.1. The number of methoxy groups -OCH3 is 1. The molecule has 1 saturated carbocycles. The van der Waals surface area contributed by atoms with Gasteiger partial charge in [0.05, 0.1) is 13.5 Å². The van der Waals surface area contributed by atoms with Crippen molar-refractivity contribution in [3.05, 3.63) is 0 Å². The number of hydrogen-bond acceptors (Lipinski definition) is 4. The van der Waals surface area contributed by atoms with Gasteiger partial charge in [-0.15, -0.1) is 0 Å². The third kappa shape index (κ3) is 5.38. The zero-order chi connectivity index (χ0) is 15.2. The second-order valence-corrected chi connectivity index (χ2v) is 7.27. The minimum atomic E-state index is -3.54. The normalized spacial score (nSPS) is 19.0. The van der Waals surface area contributed by atoms with E-state index in [1.807, 2.05) is 6.92 Å². The molecule has 1 N–H and O–H groups in total. The van der Waals surface area contributed by atoms with Crippen molar-refractivity contribution in [2.75, 3.05) is 20.7 Å². The van der Waals surface area contributed by atoms with Crippen LogP contribution in [0.1, 0.15) is 45.4 Å². The molecule has 0 amide bonds. The fourth-order valence-corrected chi connectivity index (χ4v) is 3.70. The molecule has 0 radical (unpaired) electrons. The minimum absolute atomic E-state index is 0.0612. The molecule has 6 nitrogen and oxygen atoms in total. The average Bonchev–Trinajstić information content (AvgIpc) is 2.44. The SMILES string of the molecule is COC(=O)CCN(C)S(=O)(=O)NC(C)C1CCCCC1. The van der Waals surface area contributed by atoms with Crippen LogP contribution in [0, 0.1) is 5.92 Å². The number of nitrogens with one attached hydrogen (secondary N) is 1. The summed E-state index contributed by atoms with van der Waals surface area (Å²) in [5, 5.41) is 0. The molecule has 0 spiro atoms. The van der Waals surface area contributed by atoms with Crippen LogP contribution in [0.25, 0.3) is 0 Å². The number of hydrogen-bond donors (Lipinski definition) is 1.